The van der Waals surface area contributed by atoms with Crippen LogP contribution in [0.2, 0.25) is 0 Å². The highest BCUT2D eigenvalue weighted by Gasteiger charge is 2.04. The van der Waals surface area contributed by atoms with Crippen LogP contribution < -0.4 is 14.8 Å². The molecule has 0 radical (unpaired) electrons. The van der Waals surface area contributed by atoms with Gasteiger partial charge in [-0.25, -0.2) is 4.79 Å². The van der Waals surface area contributed by atoms with E-state index in [4.69, 9.17) is 5.26 Å². The zero-order valence-corrected chi connectivity index (χ0v) is 12.3. The van der Waals surface area contributed by atoms with E-state index in [1.165, 1.54) is 29.1 Å². The fourth-order valence-corrected chi connectivity index (χ4v) is 2.72. The molecule has 0 bridgehead atoms. The van der Waals surface area contributed by atoms with Crippen LogP contribution in [0, 0.1) is 11.3 Å². The van der Waals surface area contributed by atoms with E-state index in [9.17, 15) is 9.59 Å². The SMILES string of the molecule is COC(=O)c1ccc(/C=c2\s/c(=C\C#N)n(C)c2=O)cc1. The van der Waals surface area contributed by atoms with Gasteiger partial charge in [0.25, 0.3) is 5.56 Å². The van der Waals surface area contributed by atoms with Crippen LogP contribution in [0.25, 0.3) is 12.2 Å². The lowest BCUT2D eigenvalue weighted by Gasteiger charge is -1.98. The van der Waals surface area contributed by atoms with Crippen molar-refractivity contribution in [3.8, 4) is 6.07 Å². The molecule has 2 rings (SSSR count). The van der Waals surface area contributed by atoms with Crippen LogP contribution >= 0.6 is 11.3 Å². The van der Waals surface area contributed by atoms with Crippen LogP contribution in [0.5, 0.6) is 0 Å². The van der Waals surface area contributed by atoms with Gasteiger partial charge in [-0.1, -0.05) is 12.1 Å². The van der Waals surface area contributed by atoms with E-state index < -0.39 is 5.97 Å². The summed E-state index contributed by atoms with van der Waals surface area (Å²) in [6.45, 7) is 0. The van der Waals surface area contributed by atoms with Gasteiger partial charge in [0.1, 0.15) is 4.66 Å². The highest BCUT2D eigenvalue weighted by Crippen LogP contribution is 2.06. The van der Waals surface area contributed by atoms with Crippen molar-refractivity contribution in [2.75, 3.05) is 7.11 Å². The topological polar surface area (TPSA) is 72.1 Å². The number of aromatic nitrogens is 1. The van der Waals surface area contributed by atoms with Crippen LogP contribution in [-0.4, -0.2) is 17.6 Å². The zero-order chi connectivity index (χ0) is 15.4. The Labute approximate surface area is 124 Å². The molecule has 0 aliphatic carbocycles. The number of nitriles is 1. The third kappa shape index (κ3) is 3.09. The Morgan fingerprint density at radius 3 is 2.62 bits per heavy atom. The Balaban J connectivity index is 2.48. The average Bonchev–Trinajstić information content (AvgIpc) is 2.76. The molecule has 1 aromatic heterocycles. The first kappa shape index (κ1) is 14.8. The van der Waals surface area contributed by atoms with E-state index in [0.29, 0.717) is 14.8 Å². The van der Waals surface area contributed by atoms with Gasteiger partial charge in [-0.2, -0.15) is 5.26 Å². The lowest BCUT2D eigenvalue weighted by molar-refractivity contribution is 0.0600. The molecule has 0 saturated carbocycles. The smallest absolute Gasteiger partial charge is 0.337 e. The predicted molar refractivity (Wildman–Crippen MR) is 80.2 cm³/mol. The number of benzene rings is 1. The Hall–Kier alpha value is -2.65. The maximum atomic E-state index is 12.0. The van der Waals surface area contributed by atoms with Crippen molar-refractivity contribution < 1.29 is 9.53 Å². The van der Waals surface area contributed by atoms with E-state index in [0.717, 1.165) is 5.56 Å². The number of esters is 1. The summed E-state index contributed by atoms with van der Waals surface area (Å²) >= 11 is 1.25. The number of hydrogen-bond donors (Lipinski definition) is 0. The summed E-state index contributed by atoms with van der Waals surface area (Å²) < 4.78 is 7.19. The van der Waals surface area contributed by atoms with Crippen LogP contribution in [0.4, 0.5) is 0 Å². The van der Waals surface area contributed by atoms with Crippen molar-refractivity contribution in [3.05, 3.63) is 54.9 Å². The molecule has 0 fully saturated rings. The monoisotopic (exact) mass is 300 g/mol. The van der Waals surface area contributed by atoms with E-state index in [2.05, 4.69) is 4.74 Å². The van der Waals surface area contributed by atoms with Crippen molar-refractivity contribution in [2.45, 2.75) is 0 Å². The second kappa shape index (κ2) is 6.20. The molecule has 0 unspecified atom stereocenters. The van der Waals surface area contributed by atoms with Crippen LogP contribution in [0.15, 0.2) is 29.1 Å². The predicted octanol–water partition coefficient (Wildman–Crippen LogP) is 0.366. The minimum Gasteiger partial charge on any atom is -0.465 e. The molecule has 0 spiro atoms. The van der Waals surface area contributed by atoms with Crippen molar-refractivity contribution in [3.63, 3.8) is 0 Å². The lowest BCUT2D eigenvalue weighted by atomic mass is 10.1. The van der Waals surface area contributed by atoms with Crippen LogP contribution in [0.3, 0.4) is 0 Å². The van der Waals surface area contributed by atoms with Gasteiger partial charge in [0.2, 0.25) is 0 Å². The van der Waals surface area contributed by atoms with Gasteiger partial charge in [-0.15, -0.1) is 11.3 Å². The van der Waals surface area contributed by atoms with Gasteiger partial charge in [0.15, 0.2) is 0 Å². The van der Waals surface area contributed by atoms with Crippen molar-refractivity contribution in [1.82, 2.24) is 4.57 Å². The van der Waals surface area contributed by atoms with E-state index in [1.807, 2.05) is 6.07 Å². The highest BCUT2D eigenvalue weighted by molar-refractivity contribution is 7.07. The summed E-state index contributed by atoms with van der Waals surface area (Å²) in [5, 5.41) is 8.67. The maximum Gasteiger partial charge on any atom is 0.337 e. The molecular formula is C15H12N2O3S. The van der Waals surface area contributed by atoms with Crippen LogP contribution in [0.1, 0.15) is 15.9 Å². The third-order valence-corrected chi connectivity index (χ3v) is 3.99. The number of nitrogens with zero attached hydrogens (tertiary/aromatic N) is 2. The van der Waals surface area contributed by atoms with Crippen LogP contribution in [-0.2, 0) is 11.8 Å². The minimum absolute atomic E-state index is 0.154. The highest BCUT2D eigenvalue weighted by atomic mass is 32.1. The summed E-state index contributed by atoms with van der Waals surface area (Å²) in [6, 6.07) is 8.66. The molecule has 1 heterocycles. The van der Waals surface area contributed by atoms with E-state index in [1.54, 1.807) is 37.4 Å². The number of hydrogen-bond acceptors (Lipinski definition) is 5. The molecule has 106 valence electrons. The maximum absolute atomic E-state index is 12.0. The Kier molecular flexibility index (Phi) is 4.36. The standard InChI is InChI=1S/C15H12N2O3S/c1-17-13(7-8-16)21-12(14(17)18)9-10-3-5-11(6-4-10)15(19)20-2/h3-7,9H,1-2H3/b12-9-,13-7-. The Morgan fingerprint density at radius 1 is 1.38 bits per heavy atom. The second-order valence-corrected chi connectivity index (χ2v) is 5.26. The fourth-order valence-electron chi connectivity index (χ4n) is 1.75. The van der Waals surface area contributed by atoms with Gasteiger partial charge in [0, 0.05) is 13.1 Å². The first-order valence-electron chi connectivity index (χ1n) is 6.02. The molecule has 2 aromatic rings. The molecule has 0 N–H and O–H groups in total. The van der Waals surface area contributed by atoms with Crippen molar-refractivity contribution >= 4 is 29.5 Å². The molecule has 1 aromatic carbocycles. The molecule has 0 aliphatic rings. The molecule has 6 heteroatoms. The first-order chi connectivity index (χ1) is 10.1. The van der Waals surface area contributed by atoms with Gasteiger partial charge in [0.05, 0.1) is 23.3 Å². The molecule has 0 amide bonds. The summed E-state index contributed by atoms with van der Waals surface area (Å²) in [5.74, 6) is -0.403. The molecule has 0 saturated heterocycles. The lowest BCUT2D eigenvalue weighted by Crippen LogP contribution is -2.28. The summed E-state index contributed by atoms with van der Waals surface area (Å²) in [4.78, 5) is 23.4. The summed E-state index contributed by atoms with van der Waals surface area (Å²) in [5.41, 5.74) is 1.09. The number of carbonyl (C=O) groups is 1. The summed E-state index contributed by atoms with van der Waals surface area (Å²) in [7, 11) is 2.95. The van der Waals surface area contributed by atoms with E-state index >= 15 is 0 Å². The van der Waals surface area contributed by atoms with Gasteiger partial charge in [-0.3, -0.25) is 4.79 Å². The third-order valence-electron chi connectivity index (χ3n) is 2.88. The molecule has 0 aliphatic heterocycles. The van der Waals surface area contributed by atoms with E-state index in [-0.39, 0.29) is 5.56 Å². The number of methoxy groups -OCH3 is 1. The minimum atomic E-state index is -0.403. The average molecular weight is 300 g/mol. The summed E-state index contributed by atoms with van der Waals surface area (Å²) in [6.07, 6.45) is 3.06. The molecule has 5 nitrogen and oxygen atoms in total. The van der Waals surface area contributed by atoms with Gasteiger partial charge in [-0.05, 0) is 23.8 Å². The van der Waals surface area contributed by atoms with Crippen molar-refractivity contribution in [2.24, 2.45) is 7.05 Å². The van der Waals surface area contributed by atoms with Crippen molar-refractivity contribution in [1.29, 1.82) is 5.26 Å². The number of carbonyl (C=O) groups excluding carboxylic acids is 1. The molecular weight excluding hydrogens is 288 g/mol. The number of thiazole rings is 1. The quantitative estimate of drug-likeness (QED) is 0.751. The fraction of sp³-hybridized carbons (Fsp3) is 0.133. The Bertz CT molecular complexity index is 883. The van der Waals surface area contributed by atoms with Gasteiger partial charge >= 0.3 is 5.97 Å². The normalized spacial score (nSPS) is 12.2. The number of ether oxygens (including phenoxy) is 1. The molecule has 0 atom stereocenters. The Morgan fingerprint density at radius 2 is 2.05 bits per heavy atom. The largest absolute Gasteiger partial charge is 0.465 e. The molecule has 21 heavy (non-hydrogen) atoms. The second-order valence-electron chi connectivity index (χ2n) is 4.20. The first-order valence-corrected chi connectivity index (χ1v) is 6.84. The number of rotatable bonds is 2. The van der Waals surface area contributed by atoms with Gasteiger partial charge < -0.3 is 9.30 Å². The zero-order valence-electron chi connectivity index (χ0n) is 11.5.